The topological polar surface area (TPSA) is 94.3 Å². The third-order valence-electron chi connectivity index (χ3n) is 5.76. The van der Waals surface area contributed by atoms with E-state index in [1.807, 2.05) is 6.92 Å². The van der Waals surface area contributed by atoms with Crippen LogP contribution in [-0.4, -0.2) is 62.6 Å². The molecular weight excluding hydrogens is 465 g/mol. The van der Waals surface area contributed by atoms with Gasteiger partial charge >= 0.3 is 6.18 Å². The van der Waals surface area contributed by atoms with Crippen LogP contribution in [-0.2, 0) is 22.3 Å². The summed E-state index contributed by atoms with van der Waals surface area (Å²) in [7, 11) is 0. The van der Waals surface area contributed by atoms with Gasteiger partial charge in [-0.05, 0) is 26.7 Å². The van der Waals surface area contributed by atoms with Crippen molar-refractivity contribution < 1.29 is 27.5 Å². The molecule has 2 aromatic rings. The van der Waals surface area contributed by atoms with E-state index in [-0.39, 0.29) is 28.9 Å². The number of rotatable bonds is 6. The molecule has 2 fully saturated rings. The van der Waals surface area contributed by atoms with Gasteiger partial charge in [-0.1, -0.05) is 11.6 Å². The first-order chi connectivity index (χ1) is 15.6. The Labute approximate surface area is 192 Å². The van der Waals surface area contributed by atoms with Crippen LogP contribution in [0.25, 0.3) is 0 Å². The summed E-state index contributed by atoms with van der Waals surface area (Å²) in [5.74, 6) is -1.10. The fourth-order valence-corrected chi connectivity index (χ4v) is 4.22. The van der Waals surface area contributed by atoms with Crippen LogP contribution in [0.1, 0.15) is 60.5 Å². The number of aromatic nitrogens is 4. The van der Waals surface area contributed by atoms with E-state index >= 15 is 0 Å². The van der Waals surface area contributed by atoms with Gasteiger partial charge in [-0.3, -0.25) is 19.0 Å². The van der Waals surface area contributed by atoms with Crippen molar-refractivity contribution in [3.63, 3.8) is 0 Å². The molecule has 2 amide bonds. The number of hydrogen-bond acceptors (Lipinski definition) is 5. The molecule has 4 rings (SSSR count). The number of nitrogens with one attached hydrogen (secondary N) is 1. The van der Waals surface area contributed by atoms with Crippen LogP contribution in [0.2, 0.25) is 5.02 Å². The number of carbonyl (C=O) groups is 2. The predicted molar refractivity (Wildman–Crippen MR) is 112 cm³/mol. The zero-order valence-electron chi connectivity index (χ0n) is 18.2. The van der Waals surface area contributed by atoms with E-state index in [1.54, 1.807) is 4.90 Å². The zero-order chi connectivity index (χ0) is 23.9. The third-order valence-corrected chi connectivity index (χ3v) is 6.14. The first-order valence-corrected chi connectivity index (χ1v) is 11.1. The molecule has 1 saturated carbocycles. The number of morpholine rings is 1. The lowest BCUT2D eigenvalue weighted by atomic mass is 10.2. The quantitative estimate of drug-likeness (QED) is 0.673. The average Bonchev–Trinajstić information content (AvgIpc) is 3.44. The van der Waals surface area contributed by atoms with Gasteiger partial charge in [0.05, 0.1) is 35.8 Å². The molecule has 1 unspecified atom stereocenters. The van der Waals surface area contributed by atoms with Crippen molar-refractivity contribution in [2.24, 2.45) is 0 Å². The van der Waals surface area contributed by atoms with E-state index in [0.717, 1.165) is 4.68 Å². The number of anilines is 1. The molecule has 2 aliphatic rings. The number of aryl methyl sites for hydroxylation is 1. The molecule has 9 nitrogen and oxygen atoms in total. The lowest BCUT2D eigenvalue weighted by Crippen LogP contribution is -2.42. The van der Waals surface area contributed by atoms with Gasteiger partial charge in [0, 0.05) is 25.6 Å². The normalized spacial score (nSPS) is 17.8. The smallest absolute Gasteiger partial charge is 0.378 e. The number of carbonyl (C=O) groups excluding carboxylic acids is 2. The van der Waals surface area contributed by atoms with Gasteiger partial charge in [0.2, 0.25) is 5.91 Å². The summed E-state index contributed by atoms with van der Waals surface area (Å²) in [5, 5.41) is 10.0. The number of alkyl halides is 3. The highest BCUT2D eigenvalue weighted by Gasteiger charge is 2.43. The molecule has 1 aliphatic carbocycles. The van der Waals surface area contributed by atoms with E-state index in [2.05, 4.69) is 15.5 Å². The fourth-order valence-electron chi connectivity index (χ4n) is 3.83. The van der Waals surface area contributed by atoms with Crippen LogP contribution in [0.3, 0.4) is 0 Å². The van der Waals surface area contributed by atoms with Gasteiger partial charge in [-0.2, -0.15) is 23.4 Å². The molecule has 1 atom stereocenters. The Balaban J connectivity index is 1.61. The summed E-state index contributed by atoms with van der Waals surface area (Å²) in [6.07, 6.45) is -2.01. The molecular formula is C20H24ClF3N6O3. The van der Waals surface area contributed by atoms with Crippen molar-refractivity contribution in [1.29, 1.82) is 0 Å². The molecule has 13 heteroatoms. The van der Waals surface area contributed by atoms with Gasteiger partial charge in [-0.15, -0.1) is 0 Å². The maximum atomic E-state index is 13.4. The minimum atomic E-state index is -4.73. The minimum Gasteiger partial charge on any atom is -0.378 e. The highest BCUT2D eigenvalue weighted by molar-refractivity contribution is 6.32. The minimum absolute atomic E-state index is 0.169. The number of ether oxygens (including phenoxy) is 1. The fraction of sp³-hybridized carbons (Fsp3) is 0.600. The molecule has 180 valence electrons. The second-order valence-electron chi connectivity index (χ2n) is 8.06. The maximum Gasteiger partial charge on any atom is 0.436 e. The van der Waals surface area contributed by atoms with Crippen LogP contribution in [0.5, 0.6) is 0 Å². The summed E-state index contributed by atoms with van der Waals surface area (Å²) in [6, 6.07) is -1.09. The monoisotopic (exact) mass is 488 g/mol. The van der Waals surface area contributed by atoms with Crippen molar-refractivity contribution in [1.82, 2.24) is 24.5 Å². The maximum absolute atomic E-state index is 13.4. The van der Waals surface area contributed by atoms with Crippen molar-refractivity contribution in [2.75, 3.05) is 31.6 Å². The summed E-state index contributed by atoms with van der Waals surface area (Å²) in [6.45, 7) is 5.30. The Morgan fingerprint density at radius 3 is 2.55 bits per heavy atom. The van der Waals surface area contributed by atoms with Crippen molar-refractivity contribution >= 4 is 29.1 Å². The number of nitrogens with zero attached hydrogens (tertiary/aromatic N) is 5. The summed E-state index contributed by atoms with van der Waals surface area (Å²) < 4.78 is 47.9. The van der Waals surface area contributed by atoms with E-state index in [0.29, 0.717) is 45.7 Å². The Kier molecular flexibility index (Phi) is 6.41. The number of hydrogen-bond donors (Lipinski definition) is 1. The Morgan fingerprint density at radius 1 is 1.30 bits per heavy atom. The highest BCUT2D eigenvalue weighted by atomic mass is 35.5. The second-order valence-corrected chi connectivity index (χ2v) is 8.43. The summed E-state index contributed by atoms with van der Waals surface area (Å²) >= 11 is 6.02. The number of halogens is 4. The average molecular weight is 489 g/mol. The van der Waals surface area contributed by atoms with Crippen molar-refractivity contribution in [3.05, 3.63) is 28.3 Å². The summed E-state index contributed by atoms with van der Waals surface area (Å²) in [5.41, 5.74) is -0.600. The van der Waals surface area contributed by atoms with Gasteiger partial charge in [-0.25, -0.2) is 0 Å². The van der Waals surface area contributed by atoms with Crippen LogP contribution < -0.4 is 5.32 Å². The van der Waals surface area contributed by atoms with E-state index in [4.69, 9.17) is 16.3 Å². The van der Waals surface area contributed by atoms with Crippen molar-refractivity contribution in [3.8, 4) is 0 Å². The van der Waals surface area contributed by atoms with Gasteiger partial charge < -0.3 is 15.0 Å². The van der Waals surface area contributed by atoms with Crippen LogP contribution in [0.4, 0.5) is 18.9 Å². The molecule has 0 spiro atoms. The van der Waals surface area contributed by atoms with Gasteiger partial charge in [0.25, 0.3) is 5.91 Å². The lowest BCUT2D eigenvalue weighted by molar-refractivity contribution is -0.141. The standard InChI is InChI=1S/C20H24ClF3N6O3/c1-3-29-16(19(32)28-6-8-33-9-7-28)13(10-25-29)26-18(31)11(2)30-15(12-4-5-12)14(21)17(27-30)20(22,23)24/h10-12H,3-9H2,1-2H3,(H,26,31). The van der Waals surface area contributed by atoms with E-state index < -0.39 is 28.8 Å². The van der Waals surface area contributed by atoms with Crippen LogP contribution in [0, 0.1) is 0 Å². The van der Waals surface area contributed by atoms with Gasteiger partial charge in [0.1, 0.15) is 11.7 Å². The van der Waals surface area contributed by atoms with Crippen LogP contribution >= 0.6 is 11.6 Å². The SMILES string of the molecule is CCn1ncc(NC(=O)C(C)n2nc(C(F)(F)F)c(Cl)c2C2CC2)c1C(=O)N1CCOCC1. The summed E-state index contributed by atoms with van der Waals surface area (Å²) in [4.78, 5) is 27.8. The zero-order valence-corrected chi connectivity index (χ0v) is 18.9. The predicted octanol–water partition coefficient (Wildman–Crippen LogP) is 3.32. The number of amides is 2. The Morgan fingerprint density at radius 2 is 1.97 bits per heavy atom. The molecule has 1 aliphatic heterocycles. The molecule has 33 heavy (non-hydrogen) atoms. The van der Waals surface area contributed by atoms with E-state index in [9.17, 15) is 22.8 Å². The second kappa shape index (κ2) is 8.98. The van der Waals surface area contributed by atoms with Crippen LogP contribution in [0.15, 0.2) is 6.20 Å². The first kappa shape index (κ1) is 23.6. The molecule has 1 N–H and O–H groups in total. The molecule has 3 heterocycles. The third kappa shape index (κ3) is 4.58. The molecule has 2 aromatic heterocycles. The Bertz CT molecular complexity index is 1060. The molecule has 1 saturated heterocycles. The van der Waals surface area contributed by atoms with Crippen molar-refractivity contribution in [2.45, 2.75) is 51.4 Å². The highest BCUT2D eigenvalue weighted by Crippen LogP contribution is 2.47. The van der Waals surface area contributed by atoms with Gasteiger partial charge in [0.15, 0.2) is 5.69 Å². The Hall–Kier alpha value is -2.60. The van der Waals surface area contributed by atoms with E-state index in [1.165, 1.54) is 17.8 Å². The molecule has 0 bridgehead atoms. The largest absolute Gasteiger partial charge is 0.436 e. The lowest BCUT2D eigenvalue weighted by Gasteiger charge is -2.27. The molecule has 0 aromatic carbocycles. The first-order valence-electron chi connectivity index (χ1n) is 10.7. The molecule has 0 radical (unpaired) electrons.